The number of amides is 2. The number of benzene rings is 1. The van der Waals surface area contributed by atoms with Gasteiger partial charge in [0.25, 0.3) is 0 Å². The molecular weight excluding hydrogens is 310 g/mol. The Labute approximate surface area is 140 Å². The Kier molecular flexibility index (Phi) is 5.23. The Bertz CT molecular complexity index is 600. The fraction of sp³-hybridized carbons (Fsp3) is 0.529. The zero-order chi connectivity index (χ0) is 16.2. The molecule has 1 saturated carbocycles. The molecule has 0 saturated heterocycles. The van der Waals surface area contributed by atoms with E-state index in [0.29, 0.717) is 17.4 Å². The molecule has 1 atom stereocenters. The van der Waals surface area contributed by atoms with Gasteiger partial charge in [0.15, 0.2) is 0 Å². The second-order valence-corrected chi connectivity index (χ2v) is 7.40. The number of nitrogens with one attached hydrogen (secondary N) is 2. The zero-order valence-electron chi connectivity index (χ0n) is 13.1. The van der Waals surface area contributed by atoms with Crippen molar-refractivity contribution < 1.29 is 9.59 Å². The van der Waals surface area contributed by atoms with Gasteiger partial charge in [0.2, 0.25) is 11.8 Å². The van der Waals surface area contributed by atoms with Crippen molar-refractivity contribution in [2.45, 2.75) is 49.5 Å². The SMILES string of the molecule is NC(CC1CCCCC1)C(=O)Nc1ccc2c(c1)NC(=O)CS2. The second-order valence-electron chi connectivity index (χ2n) is 6.38. The van der Waals surface area contributed by atoms with Crippen LogP contribution in [0.5, 0.6) is 0 Å². The third-order valence-electron chi connectivity index (χ3n) is 4.53. The summed E-state index contributed by atoms with van der Waals surface area (Å²) >= 11 is 1.50. The Morgan fingerprint density at radius 3 is 2.91 bits per heavy atom. The number of hydrogen-bond acceptors (Lipinski definition) is 4. The van der Waals surface area contributed by atoms with Crippen molar-refractivity contribution in [3.8, 4) is 0 Å². The average molecular weight is 333 g/mol. The Balaban J connectivity index is 1.58. The number of thioether (sulfide) groups is 1. The summed E-state index contributed by atoms with van der Waals surface area (Å²) in [6.07, 6.45) is 6.93. The first-order valence-electron chi connectivity index (χ1n) is 8.25. The molecule has 5 nitrogen and oxygen atoms in total. The van der Waals surface area contributed by atoms with Crippen molar-refractivity contribution in [1.29, 1.82) is 0 Å². The second kappa shape index (κ2) is 7.36. The van der Waals surface area contributed by atoms with Crippen molar-refractivity contribution in [3.05, 3.63) is 18.2 Å². The number of anilines is 2. The fourth-order valence-electron chi connectivity index (χ4n) is 3.28. The molecule has 0 bridgehead atoms. The van der Waals surface area contributed by atoms with Crippen molar-refractivity contribution in [2.75, 3.05) is 16.4 Å². The largest absolute Gasteiger partial charge is 0.325 e. The van der Waals surface area contributed by atoms with Gasteiger partial charge in [0.1, 0.15) is 0 Å². The minimum absolute atomic E-state index is 0.0139. The number of carbonyl (C=O) groups excluding carboxylic acids is 2. The van der Waals surface area contributed by atoms with Gasteiger partial charge in [-0.1, -0.05) is 32.1 Å². The minimum atomic E-state index is -0.474. The van der Waals surface area contributed by atoms with E-state index in [1.54, 1.807) is 6.07 Å². The molecular formula is C17H23N3O2S. The van der Waals surface area contributed by atoms with Crippen molar-refractivity contribution in [3.63, 3.8) is 0 Å². The molecule has 1 unspecified atom stereocenters. The van der Waals surface area contributed by atoms with Gasteiger partial charge >= 0.3 is 0 Å². The molecule has 1 aromatic carbocycles. The van der Waals surface area contributed by atoms with Crippen molar-refractivity contribution in [2.24, 2.45) is 11.7 Å². The first kappa shape index (κ1) is 16.3. The van der Waals surface area contributed by atoms with Gasteiger partial charge in [-0.2, -0.15) is 0 Å². The lowest BCUT2D eigenvalue weighted by Crippen LogP contribution is -2.37. The highest BCUT2D eigenvalue weighted by molar-refractivity contribution is 8.00. The maximum Gasteiger partial charge on any atom is 0.241 e. The minimum Gasteiger partial charge on any atom is -0.325 e. The summed E-state index contributed by atoms with van der Waals surface area (Å²) in [7, 11) is 0. The molecule has 2 amide bonds. The number of rotatable bonds is 4. The maximum atomic E-state index is 12.3. The molecule has 2 aliphatic rings. The van der Waals surface area contributed by atoms with Crippen LogP contribution in [0.3, 0.4) is 0 Å². The van der Waals surface area contributed by atoms with Gasteiger partial charge < -0.3 is 16.4 Å². The number of nitrogens with two attached hydrogens (primary N) is 1. The lowest BCUT2D eigenvalue weighted by Gasteiger charge is -2.24. The topological polar surface area (TPSA) is 84.2 Å². The molecule has 124 valence electrons. The predicted octanol–water partition coefficient (Wildman–Crippen LogP) is 2.97. The van der Waals surface area contributed by atoms with E-state index in [-0.39, 0.29) is 11.8 Å². The van der Waals surface area contributed by atoms with Crippen LogP contribution in [-0.4, -0.2) is 23.6 Å². The van der Waals surface area contributed by atoms with Gasteiger partial charge in [0.05, 0.1) is 17.5 Å². The zero-order valence-corrected chi connectivity index (χ0v) is 14.0. The summed E-state index contributed by atoms with van der Waals surface area (Å²) in [4.78, 5) is 24.8. The Morgan fingerprint density at radius 2 is 2.13 bits per heavy atom. The lowest BCUT2D eigenvalue weighted by atomic mass is 9.85. The maximum absolute atomic E-state index is 12.3. The third kappa shape index (κ3) is 4.26. The highest BCUT2D eigenvalue weighted by atomic mass is 32.2. The quantitative estimate of drug-likeness (QED) is 0.791. The lowest BCUT2D eigenvalue weighted by molar-refractivity contribution is -0.118. The van der Waals surface area contributed by atoms with Crippen LogP contribution < -0.4 is 16.4 Å². The number of carbonyl (C=O) groups is 2. The van der Waals surface area contributed by atoms with Gasteiger partial charge in [-0.25, -0.2) is 0 Å². The number of hydrogen-bond donors (Lipinski definition) is 3. The number of fused-ring (bicyclic) bond motifs is 1. The first-order chi connectivity index (χ1) is 11.1. The van der Waals surface area contributed by atoms with Crippen LogP contribution in [0.1, 0.15) is 38.5 Å². The summed E-state index contributed by atoms with van der Waals surface area (Å²) < 4.78 is 0. The molecule has 3 rings (SSSR count). The Morgan fingerprint density at radius 1 is 1.35 bits per heavy atom. The summed E-state index contributed by atoms with van der Waals surface area (Å²) in [6.45, 7) is 0. The molecule has 1 heterocycles. The van der Waals surface area contributed by atoms with Gasteiger partial charge in [0, 0.05) is 10.6 Å². The normalized spacial score (nSPS) is 19.6. The molecule has 6 heteroatoms. The summed E-state index contributed by atoms with van der Waals surface area (Å²) in [6, 6.07) is 5.10. The highest BCUT2D eigenvalue weighted by Gasteiger charge is 2.22. The predicted molar refractivity (Wildman–Crippen MR) is 93.6 cm³/mol. The van der Waals surface area contributed by atoms with Crippen LogP contribution >= 0.6 is 11.8 Å². The van der Waals surface area contributed by atoms with Gasteiger partial charge in [-0.05, 0) is 30.5 Å². The van der Waals surface area contributed by atoms with Crippen LogP contribution in [0.15, 0.2) is 23.1 Å². The molecule has 4 N–H and O–H groups in total. The van der Waals surface area contributed by atoms with Crippen LogP contribution in [0, 0.1) is 5.92 Å². The van der Waals surface area contributed by atoms with Crippen LogP contribution in [-0.2, 0) is 9.59 Å². The van der Waals surface area contributed by atoms with Gasteiger partial charge in [-0.3, -0.25) is 9.59 Å². The van der Waals surface area contributed by atoms with E-state index in [1.807, 2.05) is 12.1 Å². The van der Waals surface area contributed by atoms with Gasteiger partial charge in [-0.15, -0.1) is 11.8 Å². The van der Waals surface area contributed by atoms with E-state index >= 15 is 0 Å². The molecule has 1 fully saturated rings. The average Bonchev–Trinajstić information content (AvgIpc) is 2.55. The summed E-state index contributed by atoms with van der Waals surface area (Å²) in [5.74, 6) is 0.847. The standard InChI is InChI=1S/C17H23N3O2S/c18-13(8-11-4-2-1-3-5-11)17(22)19-12-6-7-15-14(9-12)20-16(21)10-23-15/h6-7,9,11,13H,1-5,8,10,18H2,(H,19,22)(H,20,21). The Hall–Kier alpha value is -1.53. The molecule has 1 aliphatic heterocycles. The van der Waals surface area contributed by atoms with Crippen LogP contribution in [0.4, 0.5) is 11.4 Å². The molecule has 23 heavy (non-hydrogen) atoms. The van der Waals surface area contributed by atoms with E-state index in [2.05, 4.69) is 10.6 Å². The van der Waals surface area contributed by atoms with E-state index in [9.17, 15) is 9.59 Å². The molecule has 0 radical (unpaired) electrons. The summed E-state index contributed by atoms with van der Waals surface area (Å²) in [5.41, 5.74) is 7.50. The van der Waals surface area contributed by atoms with E-state index in [0.717, 1.165) is 17.0 Å². The summed E-state index contributed by atoms with van der Waals surface area (Å²) in [5, 5.41) is 5.70. The smallest absolute Gasteiger partial charge is 0.241 e. The van der Waals surface area contributed by atoms with Crippen LogP contribution in [0.25, 0.3) is 0 Å². The molecule has 0 spiro atoms. The van der Waals surface area contributed by atoms with Crippen molar-refractivity contribution >= 4 is 35.0 Å². The first-order valence-corrected chi connectivity index (χ1v) is 9.23. The molecule has 0 aromatic heterocycles. The highest BCUT2D eigenvalue weighted by Crippen LogP contribution is 2.33. The van der Waals surface area contributed by atoms with E-state index < -0.39 is 6.04 Å². The van der Waals surface area contributed by atoms with Crippen molar-refractivity contribution in [1.82, 2.24) is 0 Å². The third-order valence-corrected chi connectivity index (χ3v) is 5.60. The monoisotopic (exact) mass is 333 g/mol. The van der Waals surface area contributed by atoms with Crippen LogP contribution in [0.2, 0.25) is 0 Å². The molecule has 1 aromatic rings. The molecule has 1 aliphatic carbocycles. The van der Waals surface area contributed by atoms with E-state index in [1.165, 1.54) is 43.9 Å². The fourth-order valence-corrected chi connectivity index (χ4v) is 4.07. The van der Waals surface area contributed by atoms with E-state index in [4.69, 9.17) is 5.73 Å².